The summed E-state index contributed by atoms with van der Waals surface area (Å²) < 4.78 is 13.1. The largest absolute Gasteiger partial charge is 0.358 e. The van der Waals surface area contributed by atoms with Gasteiger partial charge in [0.15, 0.2) is 0 Å². The molecule has 2 aromatic rings. The van der Waals surface area contributed by atoms with E-state index in [1.165, 1.54) is 12.1 Å². The summed E-state index contributed by atoms with van der Waals surface area (Å²) in [6.07, 6.45) is 0.811. The average Bonchev–Trinajstić information content (AvgIpc) is 2.64. The van der Waals surface area contributed by atoms with Gasteiger partial charge in [-0.15, -0.1) is 0 Å². The molecule has 1 aromatic carbocycles. The van der Waals surface area contributed by atoms with Crippen LogP contribution in [0.2, 0.25) is 0 Å². The van der Waals surface area contributed by atoms with E-state index in [9.17, 15) is 9.18 Å². The van der Waals surface area contributed by atoms with Crippen LogP contribution >= 0.6 is 0 Å². The highest BCUT2D eigenvalue weighted by Gasteiger charge is 2.21. The number of halogens is 1. The Hall–Kier alpha value is -1.84. The second-order valence-corrected chi connectivity index (χ2v) is 4.46. The van der Waals surface area contributed by atoms with Crippen LogP contribution < -0.4 is 0 Å². The Labute approximate surface area is 98.2 Å². The Morgan fingerprint density at radius 1 is 1.47 bits per heavy atom. The van der Waals surface area contributed by atoms with Crippen LogP contribution in [-0.4, -0.2) is 22.3 Å². The summed E-state index contributed by atoms with van der Waals surface area (Å²) in [7, 11) is 0. The summed E-state index contributed by atoms with van der Waals surface area (Å²) in [6, 6.07) is 4.75. The second-order valence-electron chi connectivity index (χ2n) is 4.46. The zero-order valence-corrected chi connectivity index (χ0v) is 9.59. The van der Waals surface area contributed by atoms with E-state index in [-0.39, 0.29) is 11.7 Å². The number of nitrogens with one attached hydrogen (secondary N) is 1. The molecule has 17 heavy (non-hydrogen) atoms. The standard InChI is InChI=1S/C13H13FN2O/c1-8(17)16-5-4-12-11(7-16)10-3-2-9(14)6-13(10)15-12/h2-3,6,15H,4-5,7H2,1H3. The SMILES string of the molecule is CC(=O)N1CCc2[nH]c3cc(F)ccc3c2C1. The number of amides is 1. The van der Waals surface area contributed by atoms with E-state index in [0.29, 0.717) is 6.54 Å². The Balaban J connectivity index is 2.12. The maximum atomic E-state index is 13.1. The van der Waals surface area contributed by atoms with Gasteiger partial charge in [-0.05, 0) is 18.2 Å². The van der Waals surface area contributed by atoms with Gasteiger partial charge < -0.3 is 9.88 Å². The molecular weight excluding hydrogens is 219 g/mol. The number of H-pyrrole nitrogens is 1. The lowest BCUT2D eigenvalue weighted by Crippen LogP contribution is -2.33. The molecule has 3 rings (SSSR count). The van der Waals surface area contributed by atoms with Crippen LogP contribution in [0.15, 0.2) is 18.2 Å². The predicted octanol–water partition coefficient (Wildman–Crippen LogP) is 2.21. The Kier molecular flexibility index (Phi) is 2.18. The van der Waals surface area contributed by atoms with Gasteiger partial charge in [-0.1, -0.05) is 0 Å². The maximum absolute atomic E-state index is 13.1. The minimum atomic E-state index is -0.237. The molecular formula is C13H13FN2O. The molecule has 0 saturated carbocycles. The number of aromatic nitrogens is 1. The van der Waals surface area contributed by atoms with Crippen LogP contribution in [0.4, 0.5) is 4.39 Å². The van der Waals surface area contributed by atoms with Crippen LogP contribution in [0, 0.1) is 5.82 Å². The smallest absolute Gasteiger partial charge is 0.219 e. The molecule has 1 amide bonds. The molecule has 88 valence electrons. The van der Waals surface area contributed by atoms with Crippen LogP contribution in [0.25, 0.3) is 10.9 Å². The van der Waals surface area contributed by atoms with Crippen molar-refractivity contribution < 1.29 is 9.18 Å². The summed E-state index contributed by atoms with van der Waals surface area (Å²) >= 11 is 0. The Morgan fingerprint density at radius 2 is 2.29 bits per heavy atom. The highest BCUT2D eigenvalue weighted by atomic mass is 19.1. The summed E-state index contributed by atoms with van der Waals surface area (Å²) in [5.74, 6) is -0.147. The lowest BCUT2D eigenvalue weighted by molar-refractivity contribution is -0.129. The van der Waals surface area contributed by atoms with Crippen molar-refractivity contribution in [2.45, 2.75) is 19.9 Å². The van der Waals surface area contributed by atoms with Crippen LogP contribution in [0.1, 0.15) is 18.2 Å². The number of benzene rings is 1. The molecule has 3 nitrogen and oxygen atoms in total. The quantitative estimate of drug-likeness (QED) is 0.742. The second kappa shape index (κ2) is 3.58. The van der Waals surface area contributed by atoms with Gasteiger partial charge in [0, 0.05) is 48.6 Å². The molecule has 1 N–H and O–H groups in total. The molecule has 1 aliphatic rings. The van der Waals surface area contributed by atoms with Crippen molar-refractivity contribution >= 4 is 16.8 Å². The van der Waals surface area contributed by atoms with Crippen LogP contribution in [0.5, 0.6) is 0 Å². The number of fused-ring (bicyclic) bond motifs is 3. The molecule has 0 unspecified atom stereocenters. The Morgan fingerprint density at radius 3 is 3.06 bits per heavy atom. The summed E-state index contributed by atoms with van der Waals surface area (Å²) in [5.41, 5.74) is 3.07. The first-order valence-electron chi connectivity index (χ1n) is 5.69. The van der Waals surface area contributed by atoms with Gasteiger partial charge in [-0.3, -0.25) is 4.79 Å². The minimum Gasteiger partial charge on any atom is -0.358 e. The first kappa shape index (κ1) is 10.3. The van der Waals surface area contributed by atoms with Crippen molar-refractivity contribution in [1.82, 2.24) is 9.88 Å². The third-order valence-corrected chi connectivity index (χ3v) is 3.38. The molecule has 1 aliphatic heterocycles. The van der Waals surface area contributed by atoms with E-state index >= 15 is 0 Å². The minimum absolute atomic E-state index is 0.0899. The fraction of sp³-hybridized carbons (Fsp3) is 0.308. The fourth-order valence-corrected chi connectivity index (χ4v) is 2.46. The normalized spacial score (nSPS) is 15.1. The third-order valence-electron chi connectivity index (χ3n) is 3.38. The monoisotopic (exact) mass is 232 g/mol. The highest BCUT2D eigenvalue weighted by molar-refractivity contribution is 5.85. The van der Waals surface area contributed by atoms with Gasteiger partial charge in [-0.25, -0.2) is 4.39 Å². The van der Waals surface area contributed by atoms with Crippen molar-refractivity contribution in [3.05, 3.63) is 35.3 Å². The van der Waals surface area contributed by atoms with Crippen molar-refractivity contribution in [1.29, 1.82) is 0 Å². The number of carbonyl (C=O) groups excluding carboxylic acids is 1. The van der Waals surface area contributed by atoms with E-state index in [1.807, 2.05) is 4.90 Å². The molecule has 0 spiro atoms. The fourth-order valence-electron chi connectivity index (χ4n) is 2.46. The van der Waals surface area contributed by atoms with E-state index in [0.717, 1.165) is 35.1 Å². The van der Waals surface area contributed by atoms with Crippen LogP contribution in [0.3, 0.4) is 0 Å². The molecule has 2 heterocycles. The molecule has 4 heteroatoms. The van der Waals surface area contributed by atoms with E-state index in [1.54, 1.807) is 13.0 Å². The summed E-state index contributed by atoms with van der Waals surface area (Å²) in [6.45, 7) is 2.94. The van der Waals surface area contributed by atoms with Gasteiger partial charge in [0.25, 0.3) is 0 Å². The lowest BCUT2D eigenvalue weighted by Gasteiger charge is -2.25. The zero-order chi connectivity index (χ0) is 12.0. The number of hydrogen-bond acceptors (Lipinski definition) is 1. The van der Waals surface area contributed by atoms with Crippen molar-refractivity contribution in [2.24, 2.45) is 0 Å². The molecule has 1 aromatic heterocycles. The van der Waals surface area contributed by atoms with Crippen molar-refractivity contribution in [3.63, 3.8) is 0 Å². The van der Waals surface area contributed by atoms with E-state index < -0.39 is 0 Å². The number of nitrogens with zero attached hydrogens (tertiary/aromatic N) is 1. The van der Waals surface area contributed by atoms with Gasteiger partial charge in [-0.2, -0.15) is 0 Å². The van der Waals surface area contributed by atoms with E-state index in [4.69, 9.17) is 0 Å². The summed E-state index contributed by atoms with van der Waals surface area (Å²) in [5, 5.41) is 1.02. The number of carbonyl (C=O) groups is 1. The van der Waals surface area contributed by atoms with Gasteiger partial charge >= 0.3 is 0 Å². The summed E-state index contributed by atoms with van der Waals surface area (Å²) in [4.78, 5) is 16.4. The van der Waals surface area contributed by atoms with E-state index in [2.05, 4.69) is 4.98 Å². The maximum Gasteiger partial charge on any atom is 0.219 e. The molecule has 0 bridgehead atoms. The molecule has 0 aliphatic carbocycles. The Bertz CT molecular complexity index is 603. The first-order valence-corrected chi connectivity index (χ1v) is 5.69. The number of hydrogen-bond donors (Lipinski definition) is 1. The van der Waals surface area contributed by atoms with Crippen LogP contribution in [-0.2, 0) is 17.8 Å². The first-order chi connectivity index (χ1) is 8.15. The number of aromatic amines is 1. The topological polar surface area (TPSA) is 36.1 Å². The molecule has 0 saturated heterocycles. The van der Waals surface area contributed by atoms with Gasteiger partial charge in [0.1, 0.15) is 5.82 Å². The third kappa shape index (κ3) is 1.60. The predicted molar refractivity (Wildman–Crippen MR) is 63.1 cm³/mol. The van der Waals surface area contributed by atoms with Gasteiger partial charge in [0.05, 0.1) is 0 Å². The zero-order valence-electron chi connectivity index (χ0n) is 9.59. The average molecular weight is 232 g/mol. The van der Waals surface area contributed by atoms with Crippen molar-refractivity contribution in [2.75, 3.05) is 6.54 Å². The molecule has 0 radical (unpaired) electrons. The molecule has 0 fully saturated rings. The van der Waals surface area contributed by atoms with Gasteiger partial charge in [0.2, 0.25) is 5.91 Å². The molecule has 0 atom stereocenters. The highest BCUT2D eigenvalue weighted by Crippen LogP contribution is 2.28. The number of rotatable bonds is 0. The lowest BCUT2D eigenvalue weighted by atomic mass is 10.0. The van der Waals surface area contributed by atoms with Crippen molar-refractivity contribution in [3.8, 4) is 0 Å².